The predicted octanol–water partition coefficient (Wildman–Crippen LogP) is 3.76. The van der Waals surface area contributed by atoms with E-state index in [9.17, 15) is 18.0 Å². The molecular formula is C31H29Cl2N7O5S. The van der Waals surface area contributed by atoms with E-state index in [2.05, 4.69) is 15.0 Å². The lowest BCUT2D eigenvalue weighted by atomic mass is 9.91. The van der Waals surface area contributed by atoms with Crippen molar-refractivity contribution in [2.75, 3.05) is 44.3 Å². The van der Waals surface area contributed by atoms with Crippen LogP contribution in [-0.4, -0.2) is 88.3 Å². The summed E-state index contributed by atoms with van der Waals surface area (Å²) in [5.41, 5.74) is 1.50. The third kappa shape index (κ3) is 5.25. The highest BCUT2D eigenvalue weighted by Crippen LogP contribution is 2.45. The molecule has 3 aliphatic rings. The summed E-state index contributed by atoms with van der Waals surface area (Å²) in [6.07, 6.45) is 6.30. The average molecular weight is 683 g/mol. The first kappa shape index (κ1) is 30.8. The van der Waals surface area contributed by atoms with Gasteiger partial charge in [0.2, 0.25) is 11.9 Å². The van der Waals surface area contributed by atoms with Crippen molar-refractivity contribution in [1.82, 2.24) is 28.7 Å². The zero-order chi connectivity index (χ0) is 32.2. The molecule has 238 valence electrons. The molecule has 15 heteroatoms. The van der Waals surface area contributed by atoms with E-state index in [4.69, 9.17) is 27.9 Å². The second-order valence-corrected chi connectivity index (χ2v) is 14.5. The molecular weight excluding hydrogens is 653 g/mol. The number of nitrogens with zero attached hydrogens (tertiary/aromatic N) is 7. The number of benzene rings is 2. The Morgan fingerprint density at radius 2 is 1.63 bits per heavy atom. The number of hydrogen-bond donors (Lipinski definition) is 0. The first-order valence-corrected chi connectivity index (χ1v) is 16.9. The number of carbonyl (C=O) groups excluding carboxylic acids is 2. The van der Waals surface area contributed by atoms with Gasteiger partial charge in [0.25, 0.3) is 15.9 Å². The van der Waals surface area contributed by atoms with Crippen molar-refractivity contribution < 1.29 is 22.7 Å². The molecule has 2 saturated heterocycles. The molecule has 3 aliphatic heterocycles. The normalized spacial score (nSPS) is 20.5. The molecule has 0 bridgehead atoms. The number of imidazole rings is 1. The van der Waals surface area contributed by atoms with Crippen LogP contribution in [0.3, 0.4) is 0 Å². The van der Waals surface area contributed by atoms with Crippen molar-refractivity contribution in [1.29, 1.82) is 0 Å². The molecule has 0 saturated carbocycles. The number of hydrogen-bond acceptors (Lipinski definition) is 8. The Labute approximate surface area is 275 Å². The Balaban J connectivity index is 1.24. The van der Waals surface area contributed by atoms with Crippen molar-refractivity contribution in [3.63, 3.8) is 0 Å². The van der Waals surface area contributed by atoms with Crippen molar-refractivity contribution in [3.8, 4) is 11.1 Å². The molecule has 0 N–H and O–H groups in total. The van der Waals surface area contributed by atoms with Crippen molar-refractivity contribution in [3.05, 3.63) is 83.0 Å². The van der Waals surface area contributed by atoms with Gasteiger partial charge in [-0.3, -0.25) is 14.2 Å². The topological polar surface area (TPSA) is 131 Å². The number of morpholine rings is 1. The minimum atomic E-state index is -4.14. The van der Waals surface area contributed by atoms with Gasteiger partial charge in [0, 0.05) is 60.6 Å². The molecule has 0 spiro atoms. The fraction of sp³-hybridized carbons (Fsp3) is 0.323. The van der Waals surface area contributed by atoms with Gasteiger partial charge < -0.3 is 9.64 Å². The molecule has 2 aromatic carbocycles. The van der Waals surface area contributed by atoms with E-state index >= 15 is 0 Å². The van der Waals surface area contributed by atoms with Crippen LogP contribution in [0, 0.1) is 5.92 Å². The molecule has 2 fully saturated rings. The van der Waals surface area contributed by atoms with Gasteiger partial charge >= 0.3 is 0 Å². The van der Waals surface area contributed by atoms with E-state index in [1.807, 2.05) is 24.3 Å². The molecule has 46 heavy (non-hydrogen) atoms. The summed E-state index contributed by atoms with van der Waals surface area (Å²) in [5, 5.41) is 0.489. The van der Waals surface area contributed by atoms with Crippen molar-refractivity contribution in [2.45, 2.75) is 23.9 Å². The fourth-order valence-corrected chi connectivity index (χ4v) is 8.47. The van der Waals surface area contributed by atoms with Gasteiger partial charge in [-0.05, 0) is 36.2 Å². The summed E-state index contributed by atoms with van der Waals surface area (Å²) in [4.78, 5) is 43.1. The molecule has 4 aromatic rings. The van der Waals surface area contributed by atoms with E-state index in [1.165, 1.54) is 26.3 Å². The standard InChI is InChI=1S/C31H29Cl2N7O5S/c1-31(13-20-2-4-21(5-3-20)22-14-34-19-35-15-22)29(42)39(26-11-24(32)10-25(33)12-26)30-36-16-27(40(30)31)46(43,44)38-17-23(18-38)28(41)37-6-8-45-9-7-37/h2-5,10-12,14-16,19,23H,6-9,13,17-18H2,1H3. The maximum Gasteiger partial charge on any atom is 0.260 e. The van der Waals surface area contributed by atoms with E-state index in [-0.39, 0.29) is 36.4 Å². The van der Waals surface area contributed by atoms with Gasteiger partial charge in [-0.2, -0.15) is 4.31 Å². The average Bonchev–Trinajstić information content (AvgIpc) is 3.55. The summed E-state index contributed by atoms with van der Waals surface area (Å²) in [5.74, 6) is -0.790. The van der Waals surface area contributed by atoms with Crippen LogP contribution in [0.25, 0.3) is 11.1 Å². The molecule has 5 heterocycles. The fourth-order valence-electron chi connectivity index (χ4n) is 6.24. The second-order valence-electron chi connectivity index (χ2n) is 11.7. The summed E-state index contributed by atoms with van der Waals surface area (Å²) in [6, 6.07) is 12.3. The highest BCUT2D eigenvalue weighted by Gasteiger charge is 2.53. The second kappa shape index (κ2) is 11.7. The maximum atomic E-state index is 14.4. The van der Waals surface area contributed by atoms with Gasteiger partial charge in [-0.15, -0.1) is 0 Å². The van der Waals surface area contributed by atoms with Crippen LogP contribution < -0.4 is 4.90 Å². The van der Waals surface area contributed by atoms with Crippen LogP contribution >= 0.6 is 23.2 Å². The first-order chi connectivity index (χ1) is 22.1. The monoisotopic (exact) mass is 681 g/mol. The molecule has 2 amide bonds. The predicted molar refractivity (Wildman–Crippen MR) is 170 cm³/mol. The molecule has 0 radical (unpaired) electrons. The Hall–Kier alpha value is -3.88. The Bertz CT molecular complexity index is 1910. The molecule has 12 nitrogen and oxygen atoms in total. The minimum absolute atomic E-state index is 0.0436. The van der Waals surface area contributed by atoms with Gasteiger partial charge in [0.05, 0.1) is 31.0 Å². The summed E-state index contributed by atoms with van der Waals surface area (Å²) >= 11 is 12.6. The molecule has 2 aromatic heterocycles. The van der Waals surface area contributed by atoms with Crippen LogP contribution in [0.15, 0.2) is 72.4 Å². The Morgan fingerprint density at radius 3 is 2.28 bits per heavy atom. The van der Waals surface area contributed by atoms with Gasteiger partial charge in [-0.1, -0.05) is 47.5 Å². The number of fused-ring (bicyclic) bond motifs is 1. The molecule has 1 atom stereocenters. The first-order valence-electron chi connectivity index (χ1n) is 14.7. The number of rotatable bonds is 7. The number of aromatic nitrogens is 4. The van der Waals surface area contributed by atoms with Crippen molar-refractivity contribution in [2.24, 2.45) is 5.92 Å². The zero-order valence-electron chi connectivity index (χ0n) is 24.7. The quantitative estimate of drug-likeness (QED) is 0.288. The Kier molecular flexibility index (Phi) is 7.84. The SMILES string of the molecule is CC1(Cc2ccc(-c3cncnc3)cc2)C(=O)N(c2cc(Cl)cc(Cl)c2)c2ncc(S(=O)(=O)N3CC(C(=O)N4CCOCC4)C3)n21. The van der Waals surface area contributed by atoms with Crippen LogP contribution in [0.5, 0.6) is 0 Å². The van der Waals surface area contributed by atoms with Crippen LogP contribution in [-0.2, 0) is 36.3 Å². The number of sulfonamides is 1. The van der Waals surface area contributed by atoms with Gasteiger partial charge in [-0.25, -0.2) is 28.3 Å². The Morgan fingerprint density at radius 1 is 0.978 bits per heavy atom. The lowest BCUT2D eigenvalue weighted by molar-refractivity contribution is -0.143. The number of halogens is 2. The third-order valence-corrected chi connectivity index (χ3v) is 10.9. The molecule has 7 rings (SSSR count). The summed E-state index contributed by atoms with van der Waals surface area (Å²) in [6.45, 7) is 3.69. The smallest absolute Gasteiger partial charge is 0.260 e. The number of ether oxygens (including phenoxy) is 1. The summed E-state index contributed by atoms with van der Waals surface area (Å²) in [7, 11) is -4.14. The van der Waals surface area contributed by atoms with E-state index in [1.54, 1.807) is 42.4 Å². The van der Waals surface area contributed by atoms with E-state index < -0.39 is 27.4 Å². The highest BCUT2D eigenvalue weighted by atomic mass is 35.5. The zero-order valence-corrected chi connectivity index (χ0v) is 27.0. The largest absolute Gasteiger partial charge is 0.378 e. The van der Waals surface area contributed by atoms with Crippen molar-refractivity contribution >= 4 is 56.7 Å². The number of carbonyl (C=O) groups is 2. The lowest BCUT2D eigenvalue weighted by Gasteiger charge is -2.40. The minimum Gasteiger partial charge on any atom is -0.378 e. The lowest BCUT2D eigenvalue weighted by Crippen LogP contribution is -2.58. The summed E-state index contributed by atoms with van der Waals surface area (Å²) < 4.78 is 36.3. The van der Waals surface area contributed by atoms with Crippen LogP contribution in [0.1, 0.15) is 12.5 Å². The molecule has 0 aliphatic carbocycles. The van der Waals surface area contributed by atoms with Gasteiger partial charge in [0.1, 0.15) is 11.9 Å². The van der Waals surface area contributed by atoms with E-state index in [0.717, 1.165) is 16.7 Å². The van der Waals surface area contributed by atoms with E-state index in [0.29, 0.717) is 42.0 Å². The van der Waals surface area contributed by atoms with Crippen LogP contribution in [0.4, 0.5) is 11.6 Å². The number of amides is 2. The maximum absolute atomic E-state index is 14.4. The van der Waals surface area contributed by atoms with Crippen LogP contribution in [0.2, 0.25) is 10.0 Å². The molecule has 1 unspecified atom stereocenters. The third-order valence-electron chi connectivity index (χ3n) is 8.69. The number of anilines is 2. The van der Waals surface area contributed by atoms with Gasteiger partial charge in [0.15, 0.2) is 5.03 Å². The highest BCUT2D eigenvalue weighted by molar-refractivity contribution is 7.89.